The van der Waals surface area contributed by atoms with Crippen LogP contribution in [0, 0.1) is 0 Å². The monoisotopic (exact) mass is 229 g/mol. The van der Waals surface area contributed by atoms with Crippen molar-refractivity contribution in [2.75, 3.05) is 0 Å². The van der Waals surface area contributed by atoms with E-state index in [0.29, 0.717) is 0 Å². The lowest BCUT2D eigenvalue weighted by Crippen LogP contribution is -2.50. The highest BCUT2D eigenvalue weighted by Gasteiger charge is 2.37. The standard InChI is InChI=1S/C10H23B2O4/c1-8(2,3)16-12(14)11-15-10(6,7)9(4,5)13/h13-14H,1-7H3. The highest BCUT2D eigenvalue weighted by atomic mass is 16.6. The number of rotatable bonds is 5. The van der Waals surface area contributed by atoms with Gasteiger partial charge in [0, 0.05) is 5.60 Å². The zero-order valence-electron chi connectivity index (χ0n) is 11.4. The minimum atomic E-state index is -1.11. The van der Waals surface area contributed by atoms with Crippen LogP contribution in [0.1, 0.15) is 48.5 Å². The van der Waals surface area contributed by atoms with Crippen LogP contribution in [0.5, 0.6) is 0 Å². The average molecular weight is 229 g/mol. The predicted molar refractivity (Wildman–Crippen MR) is 66.0 cm³/mol. The second-order valence-electron chi connectivity index (χ2n) is 5.94. The molecule has 0 aliphatic heterocycles. The first-order valence-corrected chi connectivity index (χ1v) is 5.44. The SMILES string of the molecule is CC(C)(C)OB(O)[B]OC(C)(C)C(C)(C)O. The summed E-state index contributed by atoms with van der Waals surface area (Å²) in [4.78, 5) is 0. The lowest BCUT2D eigenvalue weighted by atomic mass is 9.55. The smallest absolute Gasteiger partial charge is 0.435 e. The minimum absolute atomic E-state index is 0.446. The van der Waals surface area contributed by atoms with Crippen molar-refractivity contribution in [1.29, 1.82) is 0 Å². The van der Waals surface area contributed by atoms with Gasteiger partial charge in [0.05, 0.1) is 11.2 Å². The van der Waals surface area contributed by atoms with E-state index in [1.165, 1.54) is 7.37 Å². The highest BCUT2D eigenvalue weighted by Crippen LogP contribution is 2.24. The van der Waals surface area contributed by atoms with Crippen molar-refractivity contribution < 1.29 is 19.4 Å². The molecule has 0 rings (SSSR count). The van der Waals surface area contributed by atoms with Crippen molar-refractivity contribution >= 4 is 14.4 Å². The Morgan fingerprint density at radius 2 is 1.44 bits per heavy atom. The zero-order chi connectivity index (χ0) is 13.2. The molecule has 0 aliphatic rings. The van der Waals surface area contributed by atoms with E-state index in [0.717, 1.165) is 0 Å². The lowest BCUT2D eigenvalue weighted by molar-refractivity contribution is -0.0897. The van der Waals surface area contributed by atoms with Crippen LogP contribution in [0.4, 0.5) is 0 Å². The molecule has 0 aromatic carbocycles. The van der Waals surface area contributed by atoms with Gasteiger partial charge in [-0.05, 0) is 48.5 Å². The van der Waals surface area contributed by atoms with Gasteiger partial charge in [-0.15, -0.1) is 0 Å². The summed E-state index contributed by atoms with van der Waals surface area (Å²) in [5, 5.41) is 19.4. The highest BCUT2D eigenvalue weighted by molar-refractivity contribution is 7.02. The number of aliphatic hydroxyl groups is 1. The fourth-order valence-electron chi connectivity index (χ4n) is 0.763. The Balaban J connectivity index is 4.16. The van der Waals surface area contributed by atoms with Crippen molar-refractivity contribution in [3.8, 4) is 0 Å². The molecule has 6 heteroatoms. The van der Waals surface area contributed by atoms with Crippen molar-refractivity contribution in [3.63, 3.8) is 0 Å². The summed E-state index contributed by atoms with van der Waals surface area (Å²) in [6.07, 6.45) is 0. The van der Waals surface area contributed by atoms with Crippen molar-refractivity contribution in [3.05, 3.63) is 0 Å². The fraction of sp³-hybridized carbons (Fsp3) is 1.00. The third-order valence-electron chi connectivity index (χ3n) is 2.43. The van der Waals surface area contributed by atoms with Crippen molar-refractivity contribution in [2.24, 2.45) is 0 Å². The average Bonchev–Trinajstić information content (AvgIpc) is 1.95. The number of hydrogen-bond acceptors (Lipinski definition) is 4. The normalized spacial score (nSPS) is 13.8. The molecule has 0 saturated carbocycles. The van der Waals surface area contributed by atoms with E-state index in [9.17, 15) is 10.1 Å². The van der Waals surface area contributed by atoms with Gasteiger partial charge in [0.2, 0.25) is 0 Å². The maximum Gasteiger partial charge on any atom is 0.436 e. The topological polar surface area (TPSA) is 58.9 Å². The Morgan fingerprint density at radius 1 is 1.00 bits per heavy atom. The molecule has 0 heterocycles. The van der Waals surface area contributed by atoms with Gasteiger partial charge in [-0.25, -0.2) is 0 Å². The molecule has 0 bridgehead atoms. The minimum Gasteiger partial charge on any atom is -0.435 e. The molecule has 0 aromatic heterocycles. The molecular weight excluding hydrogens is 206 g/mol. The molecule has 0 amide bonds. The van der Waals surface area contributed by atoms with E-state index in [2.05, 4.69) is 0 Å². The first-order chi connectivity index (χ1) is 6.85. The van der Waals surface area contributed by atoms with E-state index in [1.54, 1.807) is 27.7 Å². The maximum absolute atomic E-state index is 9.82. The van der Waals surface area contributed by atoms with Crippen LogP contribution in [-0.4, -0.2) is 41.3 Å². The summed E-state index contributed by atoms with van der Waals surface area (Å²) in [5.74, 6) is 0. The summed E-state index contributed by atoms with van der Waals surface area (Å²) in [7, 11) is 0.0880. The zero-order valence-corrected chi connectivity index (χ0v) is 11.4. The molecular formula is C10H23B2O4. The molecule has 0 atom stereocenters. The second kappa shape index (κ2) is 5.08. The van der Waals surface area contributed by atoms with Crippen LogP contribution >= 0.6 is 0 Å². The van der Waals surface area contributed by atoms with Gasteiger partial charge in [0.25, 0.3) is 0 Å². The van der Waals surface area contributed by atoms with Gasteiger partial charge < -0.3 is 19.4 Å². The largest absolute Gasteiger partial charge is 0.436 e. The van der Waals surface area contributed by atoms with Gasteiger partial charge in [0.15, 0.2) is 0 Å². The molecule has 0 fully saturated rings. The lowest BCUT2D eigenvalue weighted by Gasteiger charge is -2.38. The Morgan fingerprint density at radius 3 is 1.75 bits per heavy atom. The third-order valence-corrected chi connectivity index (χ3v) is 2.43. The summed E-state index contributed by atoms with van der Waals surface area (Å²) in [6, 6.07) is 0. The summed E-state index contributed by atoms with van der Waals surface area (Å²) >= 11 is 0. The first kappa shape index (κ1) is 16.0. The molecule has 0 spiro atoms. The molecule has 0 unspecified atom stereocenters. The van der Waals surface area contributed by atoms with Crippen molar-refractivity contribution in [2.45, 2.75) is 65.3 Å². The van der Waals surface area contributed by atoms with E-state index in [4.69, 9.17) is 9.31 Å². The Labute approximate surface area is 99.7 Å². The molecule has 0 aliphatic carbocycles. The van der Waals surface area contributed by atoms with Gasteiger partial charge in [-0.1, -0.05) is 0 Å². The van der Waals surface area contributed by atoms with E-state index < -0.39 is 23.8 Å². The maximum atomic E-state index is 9.82. The Hall–Kier alpha value is -0.0301. The number of hydrogen-bond donors (Lipinski definition) is 2. The molecule has 16 heavy (non-hydrogen) atoms. The van der Waals surface area contributed by atoms with E-state index >= 15 is 0 Å². The van der Waals surface area contributed by atoms with Crippen molar-refractivity contribution in [1.82, 2.24) is 0 Å². The van der Waals surface area contributed by atoms with Crippen LogP contribution in [0.15, 0.2) is 0 Å². The van der Waals surface area contributed by atoms with E-state index in [-0.39, 0.29) is 0 Å². The van der Waals surface area contributed by atoms with Gasteiger partial charge in [-0.2, -0.15) is 0 Å². The summed E-state index contributed by atoms with van der Waals surface area (Å²) in [5.41, 5.74) is -2.25. The van der Waals surface area contributed by atoms with E-state index in [1.807, 2.05) is 20.8 Å². The van der Waals surface area contributed by atoms with Crippen LogP contribution in [-0.2, 0) is 9.31 Å². The van der Waals surface area contributed by atoms with Crippen LogP contribution in [0.3, 0.4) is 0 Å². The quantitative estimate of drug-likeness (QED) is 0.689. The fourth-order valence-corrected chi connectivity index (χ4v) is 0.763. The van der Waals surface area contributed by atoms with Gasteiger partial charge >= 0.3 is 14.4 Å². The van der Waals surface area contributed by atoms with Crippen LogP contribution in [0.2, 0.25) is 0 Å². The Bertz CT molecular complexity index is 218. The van der Waals surface area contributed by atoms with Crippen LogP contribution in [0.25, 0.3) is 0 Å². The molecule has 4 nitrogen and oxygen atoms in total. The predicted octanol–water partition coefficient (Wildman–Crippen LogP) is 0.964. The molecule has 2 N–H and O–H groups in total. The summed E-state index contributed by atoms with van der Waals surface area (Å²) in [6.45, 7) is 12.3. The Kier molecular flexibility index (Phi) is 5.08. The summed E-state index contributed by atoms with van der Waals surface area (Å²) < 4.78 is 10.6. The molecule has 0 saturated heterocycles. The first-order valence-electron chi connectivity index (χ1n) is 5.44. The van der Waals surface area contributed by atoms with Gasteiger partial charge in [0.1, 0.15) is 0 Å². The molecule has 0 aromatic rings. The second-order valence-corrected chi connectivity index (χ2v) is 5.94. The molecule has 1 radical (unpaired) electrons. The third kappa shape index (κ3) is 5.89. The van der Waals surface area contributed by atoms with Gasteiger partial charge in [-0.3, -0.25) is 0 Å². The van der Waals surface area contributed by atoms with Crippen LogP contribution < -0.4 is 0 Å². The molecule has 93 valence electrons.